The molecule has 4 heteroatoms. The minimum Gasteiger partial charge on any atom is -0.486 e. The highest BCUT2D eigenvalue weighted by Gasteiger charge is 2.25. The normalized spacial score (nSPS) is 22.6. The van der Waals surface area contributed by atoms with Crippen LogP contribution in [-0.4, -0.2) is 23.9 Å². The zero-order chi connectivity index (χ0) is 11.5. The van der Waals surface area contributed by atoms with E-state index >= 15 is 0 Å². The molecule has 2 rings (SSSR count). The van der Waals surface area contributed by atoms with Crippen LogP contribution < -0.4 is 10.1 Å². The maximum atomic E-state index is 8.92. The van der Waals surface area contributed by atoms with Crippen LogP contribution in [0.1, 0.15) is 18.9 Å². The Morgan fingerprint density at radius 1 is 1.56 bits per heavy atom. The standard InChI is InChI=1S/C12H14N2O2/c1-8-11(4-5-15)16-12-3-2-9(7-13)6-10(12)14-8/h2-3,6,8,11,14-15H,4-5H2,1H3. The molecule has 0 saturated heterocycles. The van der Waals surface area contributed by atoms with Crippen LogP contribution in [0, 0.1) is 11.3 Å². The lowest BCUT2D eigenvalue weighted by Gasteiger charge is -2.32. The highest BCUT2D eigenvalue weighted by atomic mass is 16.5. The summed E-state index contributed by atoms with van der Waals surface area (Å²) < 4.78 is 5.75. The summed E-state index contributed by atoms with van der Waals surface area (Å²) in [6.45, 7) is 2.12. The van der Waals surface area contributed by atoms with Crippen LogP contribution in [0.2, 0.25) is 0 Å². The summed E-state index contributed by atoms with van der Waals surface area (Å²) in [5, 5.41) is 21.0. The second kappa shape index (κ2) is 4.42. The number of nitriles is 1. The molecule has 16 heavy (non-hydrogen) atoms. The van der Waals surface area contributed by atoms with Crippen molar-refractivity contribution in [2.45, 2.75) is 25.5 Å². The predicted molar refractivity (Wildman–Crippen MR) is 60.4 cm³/mol. The quantitative estimate of drug-likeness (QED) is 0.789. The van der Waals surface area contributed by atoms with Crippen LogP contribution in [0.15, 0.2) is 18.2 Å². The third kappa shape index (κ3) is 1.95. The van der Waals surface area contributed by atoms with E-state index in [-0.39, 0.29) is 18.8 Å². The summed E-state index contributed by atoms with van der Waals surface area (Å²) in [7, 11) is 0. The van der Waals surface area contributed by atoms with Crippen LogP contribution in [0.4, 0.5) is 5.69 Å². The number of fused-ring (bicyclic) bond motifs is 1. The van der Waals surface area contributed by atoms with Crippen molar-refractivity contribution in [3.63, 3.8) is 0 Å². The number of aliphatic hydroxyl groups excluding tert-OH is 1. The predicted octanol–water partition coefficient (Wildman–Crippen LogP) is 1.50. The molecule has 1 aliphatic heterocycles. The van der Waals surface area contributed by atoms with Gasteiger partial charge in [0.05, 0.1) is 23.4 Å². The Labute approximate surface area is 94.5 Å². The summed E-state index contributed by atoms with van der Waals surface area (Å²) in [6.07, 6.45) is 0.582. The molecule has 0 fully saturated rings. The molecule has 0 saturated carbocycles. The first kappa shape index (κ1) is 10.8. The van der Waals surface area contributed by atoms with E-state index in [9.17, 15) is 0 Å². The molecule has 0 aromatic heterocycles. The first-order valence-corrected chi connectivity index (χ1v) is 5.33. The largest absolute Gasteiger partial charge is 0.486 e. The topological polar surface area (TPSA) is 65.3 Å². The van der Waals surface area contributed by atoms with Crippen molar-refractivity contribution in [3.8, 4) is 11.8 Å². The van der Waals surface area contributed by atoms with E-state index in [2.05, 4.69) is 11.4 Å². The van der Waals surface area contributed by atoms with Gasteiger partial charge in [0.25, 0.3) is 0 Å². The summed E-state index contributed by atoms with van der Waals surface area (Å²) in [6, 6.07) is 7.52. The smallest absolute Gasteiger partial charge is 0.143 e. The summed E-state index contributed by atoms with van der Waals surface area (Å²) in [4.78, 5) is 0. The third-order valence-electron chi connectivity index (χ3n) is 2.74. The van der Waals surface area contributed by atoms with Crippen LogP contribution in [0.25, 0.3) is 0 Å². The number of hydrogen-bond donors (Lipinski definition) is 2. The van der Waals surface area contributed by atoms with E-state index in [0.717, 1.165) is 11.4 Å². The van der Waals surface area contributed by atoms with Gasteiger partial charge in [0.1, 0.15) is 11.9 Å². The molecule has 0 amide bonds. The Bertz CT molecular complexity index is 426. The van der Waals surface area contributed by atoms with Gasteiger partial charge in [0.15, 0.2) is 0 Å². The van der Waals surface area contributed by atoms with Gasteiger partial charge < -0.3 is 15.2 Å². The molecule has 0 radical (unpaired) electrons. The molecule has 0 spiro atoms. The average Bonchev–Trinajstić information content (AvgIpc) is 2.30. The van der Waals surface area contributed by atoms with Gasteiger partial charge in [0, 0.05) is 13.0 Å². The van der Waals surface area contributed by atoms with Crippen molar-refractivity contribution in [2.75, 3.05) is 11.9 Å². The maximum absolute atomic E-state index is 8.92. The van der Waals surface area contributed by atoms with Gasteiger partial charge in [-0.1, -0.05) is 0 Å². The zero-order valence-corrected chi connectivity index (χ0v) is 9.10. The van der Waals surface area contributed by atoms with Crippen molar-refractivity contribution in [1.29, 1.82) is 5.26 Å². The molecule has 2 unspecified atom stereocenters. The highest BCUT2D eigenvalue weighted by molar-refractivity contribution is 5.62. The number of aliphatic hydroxyl groups is 1. The van der Waals surface area contributed by atoms with Crippen molar-refractivity contribution in [1.82, 2.24) is 0 Å². The molecule has 2 atom stereocenters. The SMILES string of the molecule is CC1Nc2cc(C#N)ccc2OC1CCO. The lowest BCUT2D eigenvalue weighted by molar-refractivity contribution is 0.134. The Morgan fingerprint density at radius 2 is 2.38 bits per heavy atom. The minimum absolute atomic E-state index is 0.0227. The van der Waals surface area contributed by atoms with E-state index in [1.54, 1.807) is 18.2 Å². The fraction of sp³-hybridized carbons (Fsp3) is 0.417. The second-order valence-corrected chi connectivity index (χ2v) is 3.92. The lowest BCUT2D eigenvalue weighted by Crippen LogP contribution is -2.39. The molecule has 4 nitrogen and oxygen atoms in total. The molecule has 1 aromatic rings. The fourth-order valence-electron chi connectivity index (χ4n) is 1.85. The Hall–Kier alpha value is -1.73. The van der Waals surface area contributed by atoms with E-state index in [1.807, 2.05) is 6.92 Å². The fourth-order valence-corrected chi connectivity index (χ4v) is 1.85. The number of nitrogens with one attached hydrogen (secondary N) is 1. The molecule has 1 heterocycles. The summed E-state index contributed by atoms with van der Waals surface area (Å²) >= 11 is 0. The molecule has 84 valence electrons. The molecule has 1 aliphatic rings. The number of benzene rings is 1. The molecule has 2 N–H and O–H groups in total. The molecular formula is C12H14N2O2. The Morgan fingerprint density at radius 3 is 3.06 bits per heavy atom. The van der Waals surface area contributed by atoms with Crippen LogP contribution in [0.5, 0.6) is 5.75 Å². The van der Waals surface area contributed by atoms with Crippen molar-refractivity contribution in [2.24, 2.45) is 0 Å². The maximum Gasteiger partial charge on any atom is 0.143 e. The van der Waals surface area contributed by atoms with Crippen molar-refractivity contribution >= 4 is 5.69 Å². The zero-order valence-electron chi connectivity index (χ0n) is 9.10. The van der Waals surface area contributed by atoms with Gasteiger partial charge in [-0.2, -0.15) is 5.26 Å². The van der Waals surface area contributed by atoms with Crippen LogP contribution >= 0.6 is 0 Å². The summed E-state index contributed by atoms with van der Waals surface area (Å²) in [5.74, 6) is 0.746. The third-order valence-corrected chi connectivity index (χ3v) is 2.74. The van der Waals surface area contributed by atoms with E-state index < -0.39 is 0 Å². The molecular weight excluding hydrogens is 204 g/mol. The van der Waals surface area contributed by atoms with Crippen LogP contribution in [-0.2, 0) is 0 Å². The summed E-state index contributed by atoms with van der Waals surface area (Å²) in [5.41, 5.74) is 1.46. The van der Waals surface area contributed by atoms with E-state index in [4.69, 9.17) is 15.1 Å². The number of ether oxygens (including phenoxy) is 1. The van der Waals surface area contributed by atoms with Crippen molar-refractivity contribution < 1.29 is 9.84 Å². The van der Waals surface area contributed by atoms with Gasteiger partial charge in [-0.25, -0.2) is 0 Å². The average molecular weight is 218 g/mol. The second-order valence-electron chi connectivity index (χ2n) is 3.92. The lowest BCUT2D eigenvalue weighted by atomic mass is 10.1. The van der Waals surface area contributed by atoms with Gasteiger partial charge >= 0.3 is 0 Å². The van der Waals surface area contributed by atoms with Crippen LogP contribution in [0.3, 0.4) is 0 Å². The first-order chi connectivity index (χ1) is 7.74. The Kier molecular flexibility index (Phi) is 2.97. The Balaban J connectivity index is 2.25. The first-order valence-electron chi connectivity index (χ1n) is 5.33. The van der Waals surface area contributed by atoms with Gasteiger partial charge in [-0.05, 0) is 25.1 Å². The van der Waals surface area contributed by atoms with Gasteiger partial charge in [0.2, 0.25) is 0 Å². The molecule has 0 bridgehead atoms. The number of anilines is 1. The minimum atomic E-state index is -0.0227. The van der Waals surface area contributed by atoms with E-state index in [0.29, 0.717) is 12.0 Å². The van der Waals surface area contributed by atoms with Crippen molar-refractivity contribution in [3.05, 3.63) is 23.8 Å². The monoisotopic (exact) mass is 218 g/mol. The van der Waals surface area contributed by atoms with Gasteiger partial charge in [-0.15, -0.1) is 0 Å². The number of hydrogen-bond acceptors (Lipinski definition) is 4. The van der Waals surface area contributed by atoms with Gasteiger partial charge in [-0.3, -0.25) is 0 Å². The van der Waals surface area contributed by atoms with E-state index in [1.165, 1.54) is 0 Å². The number of rotatable bonds is 2. The molecule has 1 aromatic carbocycles. The molecule has 0 aliphatic carbocycles. The highest BCUT2D eigenvalue weighted by Crippen LogP contribution is 2.32. The number of nitrogens with zero attached hydrogens (tertiary/aromatic N) is 1.